The van der Waals surface area contributed by atoms with Crippen LogP contribution in [0.4, 0.5) is 9.59 Å². The van der Waals surface area contributed by atoms with E-state index >= 15 is 0 Å². The number of pyridine rings is 1. The summed E-state index contributed by atoms with van der Waals surface area (Å²) in [6.07, 6.45) is 0.199. The van der Waals surface area contributed by atoms with E-state index in [1.807, 2.05) is 6.92 Å². The second-order valence-electron chi connectivity index (χ2n) is 6.31. The van der Waals surface area contributed by atoms with Gasteiger partial charge in [0.1, 0.15) is 5.60 Å². The maximum Gasteiger partial charge on any atom is 0.514 e. The molecule has 2 heterocycles. The van der Waals surface area contributed by atoms with Crippen molar-refractivity contribution in [3.05, 3.63) is 23.5 Å². The number of hydrogen-bond donors (Lipinski definition) is 1. The number of ether oxygens (including phenoxy) is 2. The van der Waals surface area contributed by atoms with Crippen molar-refractivity contribution in [1.29, 1.82) is 0 Å². The number of hydrogen-bond acceptors (Lipinski definition) is 5. The van der Waals surface area contributed by atoms with Gasteiger partial charge in [-0.1, -0.05) is 0 Å². The molecular formula is C15H20N2O5. The summed E-state index contributed by atoms with van der Waals surface area (Å²) in [5.74, 6) is 0.243. The molecule has 0 aromatic carbocycles. The molecule has 1 amide bonds. The van der Waals surface area contributed by atoms with Crippen molar-refractivity contribution in [2.75, 3.05) is 0 Å². The first-order chi connectivity index (χ1) is 10.2. The second-order valence-corrected chi connectivity index (χ2v) is 6.31. The van der Waals surface area contributed by atoms with Gasteiger partial charge in [-0.15, -0.1) is 0 Å². The van der Waals surface area contributed by atoms with Gasteiger partial charge < -0.3 is 19.5 Å². The zero-order valence-electron chi connectivity index (χ0n) is 13.1. The summed E-state index contributed by atoms with van der Waals surface area (Å²) in [5, 5.41) is 9.18. The van der Waals surface area contributed by atoms with Gasteiger partial charge >= 0.3 is 12.2 Å². The SMILES string of the molecule is C[C@@H]1Cc2ncc(OC(=O)OC(C)(C)C)cc2CN1C(=O)O. The number of amides is 1. The van der Waals surface area contributed by atoms with E-state index in [0.717, 1.165) is 11.3 Å². The van der Waals surface area contributed by atoms with Crippen LogP contribution in [-0.2, 0) is 17.7 Å². The number of fused-ring (bicyclic) bond motifs is 1. The Kier molecular flexibility index (Phi) is 4.25. The molecule has 0 saturated heterocycles. The minimum absolute atomic E-state index is 0.130. The average Bonchev–Trinajstić information content (AvgIpc) is 2.35. The number of carbonyl (C=O) groups is 2. The average molecular weight is 308 g/mol. The molecule has 0 aliphatic carbocycles. The van der Waals surface area contributed by atoms with E-state index in [0.29, 0.717) is 6.42 Å². The number of carbonyl (C=O) groups excluding carboxylic acids is 1. The quantitative estimate of drug-likeness (QED) is 0.802. The fraction of sp³-hybridized carbons (Fsp3) is 0.533. The standard InChI is InChI=1S/C15H20N2O5/c1-9-5-12-10(8-17(9)13(18)19)6-11(7-16-12)21-14(20)22-15(2,3)4/h6-7,9H,5,8H2,1-4H3,(H,18,19)/t9-/m1/s1. The summed E-state index contributed by atoms with van der Waals surface area (Å²) in [6, 6.07) is 1.50. The van der Waals surface area contributed by atoms with Gasteiger partial charge in [0.2, 0.25) is 0 Å². The van der Waals surface area contributed by atoms with Crippen LogP contribution in [0.1, 0.15) is 39.0 Å². The highest BCUT2D eigenvalue weighted by atomic mass is 16.7. The van der Waals surface area contributed by atoms with Crippen LogP contribution in [0.25, 0.3) is 0 Å². The van der Waals surface area contributed by atoms with Gasteiger partial charge in [0.25, 0.3) is 0 Å². The van der Waals surface area contributed by atoms with Crippen molar-refractivity contribution in [3.8, 4) is 5.75 Å². The Morgan fingerprint density at radius 1 is 1.41 bits per heavy atom. The highest BCUT2D eigenvalue weighted by Crippen LogP contribution is 2.25. The normalized spacial score (nSPS) is 17.6. The predicted molar refractivity (Wildman–Crippen MR) is 77.8 cm³/mol. The van der Waals surface area contributed by atoms with Crippen molar-refractivity contribution < 1.29 is 24.2 Å². The zero-order chi connectivity index (χ0) is 16.5. The molecule has 0 spiro atoms. The monoisotopic (exact) mass is 308 g/mol. The molecule has 1 atom stereocenters. The molecule has 7 heteroatoms. The molecule has 1 aliphatic rings. The smallest absolute Gasteiger partial charge is 0.465 e. The molecule has 7 nitrogen and oxygen atoms in total. The van der Waals surface area contributed by atoms with Gasteiger partial charge in [0.05, 0.1) is 12.7 Å². The van der Waals surface area contributed by atoms with Gasteiger partial charge in [-0.3, -0.25) is 4.98 Å². The van der Waals surface area contributed by atoms with Gasteiger partial charge in [-0.2, -0.15) is 0 Å². The van der Waals surface area contributed by atoms with Crippen molar-refractivity contribution in [2.45, 2.75) is 52.3 Å². The molecule has 0 radical (unpaired) electrons. The van der Waals surface area contributed by atoms with Crippen LogP contribution in [-0.4, -0.2) is 38.9 Å². The largest absolute Gasteiger partial charge is 0.514 e. The number of aromatic nitrogens is 1. The fourth-order valence-electron chi connectivity index (χ4n) is 2.25. The van der Waals surface area contributed by atoms with Crippen LogP contribution in [0.2, 0.25) is 0 Å². The van der Waals surface area contributed by atoms with Crippen molar-refractivity contribution in [1.82, 2.24) is 9.88 Å². The highest BCUT2D eigenvalue weighted by molar-refractivity contribution is 5.66. The molecule has 1 N–H and O–H groups in total. The third-order valence-corrected chi connectivity index (χ3v) is 3.23. The molecule has 1 aromatic heterocycles. The van der Waals surface area contributed by atoms with Gasteiger partial charge in [-0.05, 0) is 39.3 Å². The van der Waals surface area contributed by atoms with E-state index in [1.165, 1.54) is 11.1 Å². The summed E-state index contributed by atoms with van der Waals surface area (Å²) >= 11 is 0. The van der Waals surface area contributed by atoms with E-state index in [1.54, 1.807) is 26.8 Å². The van der Waals surface area contributed by atoms with E-state index < -0.39 is 17.8 Å². The Morgan fingerprint density at radius 2 is 2.09 bits per heavy atom. The lowest BCUT2D eigenvalue weighted by atomic mass is 10.0. The summed E-state index contributed by atoms with van der Waals surface area (Å²) in [6.45, 7) is 7.29. The van der Waals surface area contributed by atoms with E-state index in [4.69, 9.17) is 9.47 Å². The molecule has 0 unspecified atom stereocenters. The molecule has 2 rings (SSSR count). The van der Waals surface area contributed by atoms with Gasteiger partial charge in [0.15, 0.2) is 5.75 Å². The molecule has 1 aromatic rings. The molecule has 0 saturated carbocycles. The van der Waals surface area contributed by atoms with Crippen LogP contribution in [0.5, 0.6) is 5.75 Å². The second kappa shape index (κ2) is 5.82. The Hall–Kier alpha value is -2.31. The van der Waals surface area contributed by atoms with Crippen molar-refractivity contribution in [2.24, 2.45) is 0 Å². The van der Waals surface area contributed by atoms with E-state index in [-0.39, 0.29) is 18.3 Å². The zero-order valence-corrected chi connectivity index (χ0v) is 13.1. The molecular weight excluding hydrogens is 288 g/mol. The highest BCUT2D eigenvalue weighted by Gasteiger charge is 2.28. The minimum atomic E-state index is -0.975. The maximum absolute atomic E-state index is 11.6. The van der Waals surface area contributed by atoms with Crippen LogP contribution in [0.3, 0.4) is 0 Å². The van der Waals surface area contributed by atoms with Gasteiger partial charge in [-0.25, -0.2) is 9.59 Å². The van der Waals surface area contributed by atoms with Crippen molar-refractivity contribution in [3.63, 3.8) is 0 Å². The Bertz CT molecular complexity index is 594. The van der Waals surface area contributed by atoms with Crippen LogP contribution < -0.4 is 4.74 Å². The summed E-state index contributed by atoms with van der Waals surface area (Å²) < 4.78 is 10.2. The first-order valence-corrected chi connectivity index (χ1v) is 7.04. The lowest BCUT2D eigenvalue weighted by molar-refractivity contribution is 0.0204. The first-order valence-electron chi connectivity index (χ1n) is 7.04. The number of carboxylic acid groups (broad SMARTS) is 1. The molecule has 0 bridgehead atoms. The Morgan fingerprint density at radius 3 is 2.68 bits per heavy atom. The molecule has 120 valence electrons. The lowest BCUT2D eigenvalue weighted by Crippen LogP contribution is -2.42. The summed E-state index contributed by atoms with van der Waals surface area (Å²) in [4.78, 5) is 28.4. The van der Waals surface area contributed by atoms with Crippen LogP contribution >= 0.6 is 0 Å². The molecule has 0 fully saturated rings. The summed E-state index contributed by atoms with van der Waals surface area (Å²) in [5.41, 5.74) is 0.914. The van der Waals surface area contributed by atoms with Gasteiger partial charge in [0, 0.05) is 18.2 Å². The van der Waals surface area contributed by atoms with Crippen LogP contribution in [0.15, 0.2) is 12.3 Å². The third kappa shape index (κ3) is 3.87. The molecule has 1 aliphatic heterocycles. The van der Waals surface area contributed by atoms with Crippen molar-refractivity contribution >= 4 is 12.2 Å². The Balaban J connectivity index is 2.13. The number of nitrogens with zero attached hydrogens (tertiary/aromatic N) is 2. The maximum atomic E-state index is 11.6. The summed E-state index contributed by atoms with van der Waals surface area (Å²) in [7, 11) is 0. The molecule has 22 heavy (non-hydrogen) atoms. The third-order valence-electron chi connectivity index (χ3n) is 3.23. The minimum Gasteiger partial charge on any atom is -0.465 e. The van der Waals surface area contributed by atoms with E-state index in [9.17, 15) is 14.7 Å². The first kappa shape index (κ1) is 16.1. The lowest BCUT2D eigenvalue weighted by Gasteiger charge is -2.32. The number of rotatable bonds is 1. The topological polar surface area (TPSA) is 89.0 Å². The Labute approximate surface area is 128 Å². The van der Waals surface area contributed by atoms with Crippen LogP contribution in [0, 0.1) is 0 Å². The predicted octanol–water partition coefficient (Wildman–Crippen LogP) is 2.82. The van der Waals surface area contributed by atoms with E-state index in [2.05, 4.69) is 4.98 Å². The fourth-order valence-corrected chi connectivity index (χ4v) is 2.25.